The van der Waals surface area contributed by atoms with Crippen LogP contribution >= 0.6 is 0 Å². The van der Waals surface area contributed by atoms with Crippen LogP contribution in [0.25, 0.3) is 0 Å². The molecule has 2 N–H and O–H groups in total. The van der Waals surface area contributed by atoms with Crippen molar-refractivity contribution < 1.29 is 8.42 Å². The number of sulfonamides is 1. The van der Waals surface area contributed by atoms with Gasteiger partial charge in [-0.15, -0.1) is 0 Å². The summed E-state index contributed by atoms with van der Waals surface area (Å²) in [6.45, 7) is 0.150. The van der Waals surface area contributed by atoms with Crippen LogP contribution in [0.5, 0.6) is 0 Å². The Hall–Kier alpha value is -1.92. The first-order chi connectivity index (χ1) is 8.59. The highest BCUT2D eigenvalue weighted by Crippen LogP contribution is 2.03. The van der Waals surface area contributed by atoms with E-state index in [9.17, 15) is 13.2 Å². The van der Waals surface area contributed by atoms with Crippen molar-refractivity contribution >= 4 is 10.0 Å². The van der Waals surface area contributed by atoms with Crippen LogP contribution in [-0.2, 0) is 16.6 Å². The van der Waals surface area contributed by atoms with E-state index in [2.05, 4.69) is 9.71 Å². The first-order valence-corrected chi connectivity index (χ1v) is 6.78. The van der Waals surface area contributed by atoms with Crippen molar-refractivity contribution in [3.63, 3.8) is 0 Å². The smallest absolute Gasteiger partial charge is 0.246 e. The number of pyridine rings is 1. The number of H-pyrrole nitrogens is 1. The molecule has 0 unspecified atom stereocenters. The van der Waals surface area contributed by atoms with Crippen LogP contribution in [0.3, 0.4) is 0 Å². The maximum atomic E-state index is 11.9. The lowest BCUT2D eigenvalue weighted by atomic mass is 10.2. The molecule has 0 saturated heterocycles. The quantitative estimate of drug-likeness (QED) is 0.859. The van der Waals surface area contributed by atoms with Crippen molar-refractivity contribution in [2.45, 2.75) is 11.4 Å². The minimum Gasteiger partial charge on any atom is -0.366 e. The van der Waals surface area contributed by atoms with Crippen molar-refractivity contribution in [2.75, 3.05) is 0 Å². The molecule has 18 heavy (non-hydrogen) atoms. The number of nitrogens with one attached hydrogen (secondary N) is 2. The molecule has 0 saturated carbocycles. The normalized spacial score (nSPS) is 11.3. The predicted octanol–water partition coefficient (Wildman–Crippen LogP) is 0.853. The maximum absolute atomic E-state index is 11.9. The molecule has 1 aromatic carbocycles. The van der Waals surface area contributed by atoms with Gasteiger partial charge in [0.15, 0.2) is 0 Å². The Morgan fingerprint density at radius 1 is 1.11 bits per heavy atom. The average molecular weight is 264 g/mol. The van der Waals surface area contributed by atoms with Crippen molar-refractivity contribution in [3.05, 3.63) is 64.6 Å². The van der Waals surface area contributed by atoms with E-state index in [0.717, 1.165) is 5.56 Å². The van der Waals surface area contributed by atoms with Gasteiger partial charge in [-0.2, -0.15) is 0 Å². The lowest BCUT2D eigenvalue weighted by molar-refractivity contribution is 0.580. The molecule has 0 atom stereocenters. The zero-order valence-corrected chi connectivity index (χ0v) is 10.3. The van der Waals surface area contributed by atoms with Crippen LogP contribution in [0.15, 0.2) is 58.5 Å². The molecule has 1 aromatic heterocycles. The summed E-state index contributed by atoms with van der Waals surface area (Å²) in [7, 11) is -3.78. The van der Waals surface area contributed by atoms with Crippen molar-refractivity contribution in [1.82, 2.24) is 9.71 Å². The van der Waals surface area contributed by atoms with E-state index >= 15 is 0 Å². The summed E-state index contributed by atoms with van der Waals surface area (Å²) in [4.78, 5) is 13.7. The van der Waals surface area contributed by atoms with Crippen molar-refractivity contribution in [3.8, 4) is 0 Å². The predicted molar refractivity (Wildman–Crippen MR) is 67.5 cm³/mol. The van der Waals surface area contributed by atoms with Crippen LogP contribution in [0.4, 0.5) is 0 Å². The Morgan fingerprint density at radius 2 is 1.83 bits per heavy atom. The molecule has 0 spiro atoms. The highest BCUT2D eigenvalue weighted by atomic mass is 32.2. The molecule has 0 aliphatic carbocycles. The number of rotatable bonds is 4. The Bertz CT molecular complexity index is 678. The first-order valence-electron chi connectivity index (χ1n) is 5.30. The third-order valence-electron chi connectivity index (χ3n) is 2.39. The summed E-state index contributed by atoms with van der Waals surface area (Å²) in [5.74, 6) is 0. The molecule has 2 aromatic rings. The van der Waals surface area contributed by atoms with E-state index in [1.165, 1.54) is 18.5 Å². The maximum Gasteiger partial charge on any atom is 0.246 e. The minimum atomic E-state index is -3.78. The van der Waals surface area contributed by atoms with Gasteiger partial charge in [0.1, 0.15) is 4.90 Å². The highest BCUT2D eigenvalue weighted by Gasteiger charge is 2.16. The molecule has 0 aliphatic heterocycles. The fraction of sp³-hybridized carbons (Fsp3) is 0.0833. The number of hydrogen-bond acceptors (Lipinski definition) is 3. The lowest BCUT2D eigenvalue weighted by Gasteiger charge is -2.05. The van der Waals surface area contributed by atoms with Crippen molar-refractivity contribution in [1.29, 1.82) is 0 Å². The number of hydrogen-bond donors (Lipinski definition) is 2. The number of aromatic amines is 1. The fourth-order valence-electron chi connectivity index (χ4n) is 1.46. The van der Waals surface area contributed by atoms with E-state index in [4.69, 9.17) is 0 Å². The minimum absolute atomic E-state index is 0.150. The summed E-state index contributed by atoms with van der Waals surface area (Å²) in [6.07, 6.45) is 2.56. The van der Waals surface area contributed by atoms with Crippen LogP contribution in [0.2, 0.25) is 0 Å². The van der Waals surface area contributed by atoms with E-state index in [1.807, 2.05) is 18.2 Å². The topological polar surface area (TPSA) is 79.0 Å². The molecule has 5 nitrogen and oxygen atoms in total. The van der Waals surface area contributed by atoms with Gasteiger partial charge in [0.25, 0.3) is 0 Å². The van der Waals surface area contributed by atoms with Gasteiger partial charge in [-0.3, -0.25) is 4.79 Å². The molecule has 0 radical (unpaired) electrons. The molecule has 2 rings (SSSR count). The summed E-state index contributed by atoms with van der Waals surface area (Å²) in [6, 6.07) is 10.3. The first kappa shape index (κ1) is 12.5. The molecule has 0 fully saturated rings. The summed E-state index contributed by atoms with van der Waals surface area (Å²) >= 11 is 0. The molecular weight excluding hydrogens is 252 g/mol. The second-order valence-corrected chi connectivity index (χ2v) is 5.42. The molecule has 0 amide bonds. The summed E-state index contributed by atoms with van der Waals surface area (Å²) in [5.41, 5.74) is 0.294. The monoisotopic (exact) mass is 264 g/mol. The van der Waals surface area contributed by atoms with Crippen LogP contribution < -0.4 is 10.2 Å². The Kier molecular flexibility index (Phi) is 3.59. The van der Waals surface area contributed by atoms with Gasteiger partial charge in [0.05, 0.1) is 0 Å². The Balaban J connectivity index is 2.19. The Labute approximate surface area is 105 Å². The van der Waals surface area contributed by atoms with Gasteiger partial charge in [0.2, 0.25) is 15.5 Å². The van der Waals surface area contributed by atoms with Gasteiger partial charge in [0, 0.05) is 25.0 Å². The van der Waals surface area contributed by atoms with Gasteiger partial charge in [-0.1, -0.05) is 30.3 Å². The van der Waals surface area contributed by atoms with Crippen LogP contribution in [0.1, 0.15) is 5.56 Å². The number of benzene rings is 1. The molecule has 94 valence electrons. The fourth-order valence-corrected chi connectivity index (χ4v) is 2.53. The van der Waals surface area contributed by atoms with E-state index in [1.54, 1.807) is 12.1 Å². The third-order valence-corrected chi connectivity index (χ3v) is 3.81. The SMILES string of the molecule is O=c1cc[nH]cc1S(=O)(=O)NCc1ccccc1. The molecule has 6 heteroatoms. The highest BCUT2D eigenvalue weighted by molar-refractivity contribution is 7.89. The van der Waals surface area contributed by atoms with Crippen LogP contribution in [-0.4, -0.2) is 13.4 Å². The van der Waals surface area contributed by atoms with Gasteiger partial charge in [-0.25, -0.2) is 13.1 Å². The second kappa shape index (κ2) is 5.16. The van der Waals surface area contributed by atoms with E-state index < -0.39 is 15.5 Å². The molecule has 0 bridgehead atoms. The Morgan fingerprint density at radius 3 is 2.50 bits per heavy atom. The molecule has 1 heterocycles. The zero-order valence-electron chi connectivity index (χ0n) is 9.46. The third kappa shape index (κ3) is 2.85. The standard InChI is InChI=1S/C12H12N2O3S/c15-11-6-7-13-9-12(11)18(16,17)14-8-10-4-2-1-3-5-10/h1-7,9,14H,8H2,(H,13,15). The summed E-state index contributed by atoms with van der Waals surface area (Å²) < 4.78 is 26.2. The largest absolute Gasteiger partial charge is 0.366 e. The second-order valence-electron chi connectivity index (χ2n) is 3.68. The van der Waals surface area contributed by atoms with E-state index in [0.29, 0.717) is 0 Å². The lowest BCUT2D eigenvalue weighted by Crippen LogP contribution is -2.27. The summed E-state index contributed by atoms with van der Waals surface area (Å²) in [5, 5.41) is 0. The van der Waals surface area contributed by atoms with Gasteiger partial charge >= 0.3 is 0 Å². The average Bonchev–Trinajstić information content (AvgIpc) is 2.38. The molecule has 0 aliphatic rings. The van der Waals surface area contributed by atoms with Gasteiger partial charge in [-0.05, 0) is 5.56 Å². The zero-order chi connectivity index (χ0) is 13.0. The van der Waals surface area contributed by atoms with Crippen LogP contribution in [0, 0.1) is 0 Å². The van der Waals surface area contributed by atoms with Crippen molar-refractivity contribution in [2.24, 2.45) is 0 Å². The molecular formula is C12H12N2O3S. The van der Waals surface area contributed by atoms with Gasteiger partial charge < -0.3 is 4.98 Å². The number of aromatic nitrogens is 1. The van der Waals surface area contributed by atoms with E-state index in [-0.39, 0.29) is 11.4 Å².